The van der Waals surface area contributed by atoms with Crippen LogP contribution in [0.15, 0.2) is 66.7 Å². The molecule has 8 heteroatoms. The minimum atomic E-state index is -0.514. The van der Waals surface area contributed by atoms with E-state index >= 15 is 0 Å². The van der Waals surface area contributed by atoms with Crippen LogP contribution in [-0.4, -0.2) is 23.3 Å². The van der Waals surface area contributed by atoms with E-state index < -0.39 is 5.92 Å². The lowest BCUT2D eigenvalue weighted by molar-refractivity contribution is -0.123. The van der Waals surface area contributed by atoms with E-state index in [0.29, 0.717) is 27.4 Å². The summed E-state index contributed by atoms with van der Waals surface area (Å²) in [7, 11) is 0. The molecule has 2 heterocycles. The highest BCUT2D eigenvalue weighted by atomic mass is 35.5. The molecule has 1 aliphatic heterocycles. The van der Waals surface area contributed by atoms with Crippen LogP contribution in [0.2, 0.25) is 10.0 Å². The number of carbonyl (C=O) groups excluding carboxylic acids is 2. The third kappa shape index (κ3) is 4.22. The monoisotopic (exact) mass is 495 g/mol. The Labute approximate surface area is 205 Å². The Bertz CT molecular complexity index is 1340. The number of fused-ring (bicyclic) bond motifs is 1. The normalized spacial score (nSPS) is 15.9. The maximum absolute atomic E-state index is 13.8. The first kappa shape index (κ1) is 21.9. The Morgan fingerprint density at radius 3 is 2.55 bits per heavy atom. The number of rotatable bonds is 4. The molecule has 1 saturated heterocycles. The highest BCUT2D eigenvalue weighted by Gasteiger charge is 2.39. The van der Waals surface area contributed by atoms with Crippen molar-refractivity contribution < 1.29 is 9.59 Å². The van der Waals surface area contributed by atoms with Crippen LogP contribution in [0, 0.1) is 12.8 Å². The molecule has 1 atom stereocenters. The molecule has 0 N–H and O–H groups in total. The predicted octanol–water partition coefficient (Wildman–Crippen LogP) is 6.63. The number of hydrogen-bond acceptors (Lipinski definition) is 4. The molecule has 5 rings (SSSR count). The van der Waals surface area contributed by atoms with Gasteiger partial charge in [0, 0.05) is 18.7 Å². The minimum Gasteiger partial charge on any atom is -0.312 e. The summed E-state index contributed by atoms with van der Waals surface area (Å²) in [5.41, 5.74) is 3.27. The van der Waals surface area contributed by atoms with Crippen molar-refractivity contribution in [3.63, 3.8) is 0 Å². The second kappa shape index (κ2) is 8.78. The van der Waals surface area contributed by atoms with E-state index in [1.165, 1.54) is 11.3 Å². The number of halogens is 2. The Morgan fingerprint density at radius 2 is 1.82 bits per heavy atom. The maximum atomic E-state index is 13.8. The summed E-state index contributed by atoms with van der Waals surface area (Å²) in [5.74, 6) is -0.786. The van der Waals surface area contributed by atoms with Crippen LogP contribution >= 0.6 is 34.5 Å². The number of para-hydroxylation sites is 1. The van der Waals surface area contributed by atoms with Gasteiger partial charge in [-0.2, -0.15) is 0 Å². The van der Waals surface area contributed by atoms with Gasteiger partial charge in [-0.25, -0.2) is 4.98 Å². The number of benzene rings is 3. The lowest BCUT2D eigenvalue weighted by Gasteiger charge is -2.24. The number of amides is 2. The molecular formula is C25H19Cl2N3O2S. The molecule has 0 aliphatic carbocycles. The van der Waals surface area contributed by atoms with E-state index in [9.17, 15) is 9.59 Å². The zero-order chi connectivity index (χ0) is 23.1. The van der Waals surface area contributed by atoms with E-state index in [1.54, 1.807) is 28.0 Å². The SMILES string of the molecule is Cc1ccc(N2CC(C(=O)N(c3ccc(Cl)c(Cl)c3)c3nc4ccccc4s3)CC2=O)cc1. The zero-order valence-corrected chi connectivity index (χ0v) is 20.0. The molecule has 0 radical (unpaired) electrons. The van der Waals surface area contributed by atoms with Crippen molar-refractivity contribution in [3.8, 4) is 0 Å². The zero-order valence-electron chi connectivity index (χ0n) is 17.7. The van der Waals surface area contributed by atoms with Crippen molar-refractivity contribution in [2.24, 2.45) is 5.92 Å². The average Bonchev–Trinajstić information content (AvgIpc) is 3.40. The van der Waals surface area contributed by atoms with Crippen LogP contribution in [-0.2, 0) is 9.59 Å². The van der Waals surface area contributed by atoms with Crippen molar-refractivity contribution in [1.82, 2.24) is 4.98 Å². The summed E-state index contributed by atoms with van der Waals surface area (Å²) in [6.07, 6.45) is 0.134. The first-order chi connectivity index (χ1) is 15.9. The quantitative estimate of drug-likeness (QED) is 0.319. The predicted molar refractivity (Wildman–Crippen MR) is 135 cm³/mol. The molecule has 1 fully saturated rings. The molecule has 5 nitrogen and oxygen atoms in total. The molecule has 0 bridgehead atoms. The molecule has 33 heavy (non-hydrogen) atoms. The Balaban J connectivity index is 1.52. The van der Waals surface area contributed by atoms with Crippen molar-refractivity contribution in [3.05, 3.63) is 82.3 Å². The fraction of sp³-hybridized carbons (Fsp3) is 0.160. The van der Waals surface area contributed by atoms with Crippen molar-refractivity contribution in [2.45, 2.75) is 13.3 Å². The largest absolute Gasteiger partial charge is 0.312 e. The lowest BCUT2D eigenvalue weighted by atomic mass is 10.1. The standard InChI is InChI=1S/C25H19Cl2N3O2S/c1-15-6-8-17(9-7-15)29-14-16(12-23(29)31)24(32)30(18-10-11-19(26)20(27)13-18)25-28-21-4-2-3-5-22(21)33-25/h2-11,13,16H,12,14H2,1H3. The fourth-order valence-electron chi connectivity index (χ4n) is 3.94. The van der Waals surface area contributed by atoms with Crippen molar-refractivity contribution in [1.29, 1.82) is 0 Å². The van der Waals surface area contributed by atoms with E-state index in [0.717, 1.165) is 21.5 Å². The summed E-state index contributed by atoms with van der Waals surface area (Å²) in [5, 5.41) is 1.27. The first-order valence-corrected chi connectivity index (χ1v) is 12.0. The van der Waals surface area contributed by atoms with E-state index in [2.05, 4.69) is 4.98 Å². The molecule has 4 aromatic rings. The molecule has 0 saturated carbocycles. The van der Waals surface area contributed by atoms with Gasteiger partial charge in [-0.05, 0) is 49.4 Å². The summed E-state index contributed by atoms with van der Waals surface area (Å²) in [6.45, 7) is 2.30. The van der Waals surface area contributed by atoms with Crippen LogP contribution in [0.25, 0.3) is 10.2 Å². The van der Waals surface area contributed by atoms with Crippen LogP contribution < -0.4 is 9.80 Å². The van der Waals surface area contributed by atoms with Gasteiger partial charge < -0.3 is 4.90 Å². The van der Waals surface area contributed by atoms with Crippen LogP contribution in [0.1, 0.15) is 12.0 Å². The number of anilines is 3. The molecule has 1 unspecified atom stereocenters. The highest BCUT2D eigenvalue weighted by Crippen LogP contribution is 2.38. The summed E-state index contributed by atoms with van der Waals surface area (Å²) >= 11 is 13.8. The smallest absolute Gasteiger partial charge is 0.238 e. The van der Waals surface area contributed by atoms with Gasteiger partial charge in [-0.3, -0.25) is 14.5 Å². The van der Waals surface area contributed by atoms with Crippen LogP contribution in [0.3, 0.4) is 0 Å². The summed E-state index contributed by atoms with van der Waals surface area (Å²) in [4.78, 5) is 34.6. The van der Waals surface area contributed by atoms with Crippen molar-refractivity contribution in [2.75, 3.05) is 16.3 Å². The van der Waals surface area contributed by atoms with Gasteiger partial charge in [0.15, 0.2) is 5.13 Å². The molecule has 1 aliphatic rings. The fourth-order valence-corrected chi connectivity index (χ4v) is 5.23. The third-order valence-corrected chi connectivity index (χ3v) is 7.44. The number of thiazole rings is 1. The maximum Gasteiger partial charge on any atom is 0.238 e. The van der Waals surface area contributed by atoms with Gasteiger partial charge in [-0.15, -0.1) is 0 Å². The number of aryl methyl sites for hydroxylation is 1. The van der Waals surface area contributed by atoms with Gasteiger partial charge in [0.25, 0.3) is 0 Å². The number of carbonyl (C=O) groups is 2. The Hall–Kier alpha value is -2.93. The van der Waals surface area contributed by atoms with Gasteiger partial charge in [0.2, 0.25) is 11.8 Å². The van der Waals surface area contributed by atoms with Gasteiger partial charge >= 0.3 is 0 Å². The summed E-state index contributed by atoms with van der Waals surface area (Å²) in [6, 6.07) is 20.5. The number of hydrogen-bond donors (Lipinski definition) is 0. The van der Waals surface area contributed by atoms with Crippen LogP contribution in [0.4, 0.5) is 16.5 Å². The highest BCUT2D eigenvalue weighted by molar-refractivity contribution is 7.22. The van der Waals surface area contributed by atoms with Crippen molar-refractivity contribution >= 4 is 73.1 Å². The second-order valence-electron chi connectivity index (χ2n) is 7.98. The minimum absolute atomic E-state index is 0.0735. The van der Waals surface area contributed by atoms with E-state index in [1.807, 2.05) is 55.5 Å². The van der Waals surface area contributed by atoms with Gasteiger partial charge in [-0.1, -0.05) is 64.4 Å². The number of aromatic nitrogens is 1. The van der Waals surface area contributed by atoms with E-state index in [4.69, 9.17) is 23.2 Å². The van der Waals surface area contributed by atoms with Gasteiger partial charge in [0.05, 0.1) is 31.9 Å². The molecule has 3 aromatic carbocycles. The third-order valence-electron chi connectivity index (χ3n) is 5.68. The molecule has 0 spiro atoms. The molecular weight excluding hydrogens is 477 g/mol. The van der Waals surface area contributed by atoms with Crippen LogP contribution in [0.5, 0.6) is 0 Å². The first-order valence-electron chi connectivity index (χ1n) is 10.4. The number of nitrogens with zero attached hydrogens (tertiary/aromatic N) is 3. The van der Waals surface area contributed by atoms with Gasteiger partial charge in [0.1, 0.15) is 0 Å². The van der Waals surface area contributed by atoms with E-state index in [-0.39, 0.29) is 18.2 Å². The molecule has 166 valence electrons. The second-order valence-corrected chi connectivity index (χ2v) is 9.80. The summed E-state index contributed by atoms with van der Waals surface area (Å²) < 4.78 is 0.967. The molecule has 1 aromatic heterocycles. The Morgan fingerprint density at radius 1 is 1.06 bits per heavy atom. The Kier molecular flexibility index (Phi) is 5.83. The topological polar surface area (TPSA) is 53.5 Å². The average molecular weight is 496 g/mol. The molecule has 2 amide bonds. The lowest BCUT2D eigenvalue weighted by Crippen LogP contribution is -2.34.